The highest BCUT2D eigenvalue weighted by Crippen LogP contribution is 2.15. The van der Waals surface area contributed by atoms with Gasteiger partial charge in [0.1, 0.15) is 5.75 Å². The fourth-order valence-electron chi connectivity index (χ4n) is 2.02. The Kier molecular flexibility index (Phi) is 5.48. The lowest BCUT2D eigenvalue weighted by Crippen LogP contribution is -2.24. The average Bonchev–Trinajstić information content (AvgIpc) is 2.53. The molecule has 116 valence electrons. The molecule has 2 rings (SSSR count). The van der Waals surface area contributed by atoms with E-state index in [2.05, 4.69) is 10.5 Å². The van der Waals surface area contributed by atoms with E-state index in [4.69, 9.17) is 10.00 Å². The Labute approximate surface area is 135 Å². The summed E-state index contributed by atoms with van der Waals surface area (Å²) in [5.74, 6) is 0.322. The zero-order valence-corrected chi connectivity index (χ0v) is 13.0. The number of hydrogen-bond acceptors (Lipinski definition) is 4. The van der Waals surface area contributed by atoms with Crippen LogP contribution in [0.5, 0.6) is 5.75 Å². The summed E-state index contributed by atoms with van der Waals surface area (Å²) in [6.45, 7) is 3.84. The number of benzene rings is 2. The number of aryl methyl sites for hydroxylation is 2. The molecule has 0 aromatic heterocycles. The Morgan fingerprint density at radius 1 is 1.22 bits per heavy atom. The maximum absolute atomic E-state index is 11.7. The van der Waals surface area contributed by atoms with E-state index in [1.165, 1.54) is 6.21 Å². The Morgan fingerprint density at radius 2 is 1.87 bits per heavy atom. The van der Waals surface area contributed by atoms with Crippen LogP contribution in [0.1, 0.15) is 22.3 Å². The molecule has 0 bridgehead atoms. The standard InChI is InChI=1S/C18H17N3O2/c1-13-7-14(2)9-17(8-13)23-12-18(22)21-20-11-16-5-3-15(10-19)4-6-16/h3-9,11H,12H2,1-2H3,(H,21,22)/b20-11+. The van der Waals surface area contributed by atoms with Crippen molar-refractivity contribution in [2.75, 3.05) is 6.61 Å². The van der Waals surface area contributed by atoms with Crippen LogP contribution in [0.15, 0.2) is 47.6 Å². The van der Waals surface area contributed by atoms with Crippen molar-refractivity contribution < 1.29 is 9.53 Å². The SMILES string of the molecule is Cc1cc(C)cc(OCC(=O)N/N=C/c2ccc(C#N)cc2)c1. The first kappa shape index (κ1) is 16.2. The van der Waals surface area contributed by atoms with Gasteiger partial charge in [-0.15, -0.1) is 0 Å². The summed E-state index contributed by atoms with van der Waals surface area (Å²) in [7, 11) is 0. The Balaban J connectivity index is 1.82. The lowest BCUT2D eigenvalue weighted by molar-refractivity contribution is -0.123. The molecule has 0 radical (unpaired) electrons. The predicted molar refractivity (Wildman–Crippen MR) is 88.3 cm³/mol. The Bertz CT molecular complexity index is 739. The highest BCUT2D eigenvalue weighted by molar-refractivity contribution is 5.83. The number of nitrogens with one attached hydrogen (secondary N) is 1. The molecule has 0 saturated heterocycles. The number of carbonyl (C=O) groups is 1. The maximum Gasteiger partial charge on any atom is 0.277 e. The van der Waals surface area contributed by atoms with Crippen molar-refractivity contribution in [3.8, 4) is 11.8 Å². The monoisotopic (exact) mass is 307 g/mol. The van der Waals surface area contributed by atoms with Crippen LogP contribution in [0.3, 0.4) is 0 Å². The molecular formula is C18H17N3O2. The molecule has 1 N–H and O–H groups in total. The van der Waals surface area contributed by atoms with E-state index in [1.807, 2.05) is 38.1 Å². The minimum atomic E-state index is -0.339. The van der Waals surface area contributed by atoms with Gasteiger partial charge in [-0.2, -0.15) is 10.4 Å². The fourth-order valence-corrected chi connectivity index (χ4v) is 2.02. The van der Waals surface area contributed by atoms with Gasteiger partial charge in [-0.05, 0) is 54.8 Å². The molecule has 0 atom stereocenters. The number of rotatable bonds is 5. The number of nitriles is 1. The molecule has 0 spiro atoms. The average molecular weight is 307 g/mol. The molecule has 0 aliphatic rings. The van der Waals surface area contributed by atoms with E-state index in [0.29, 0.717) is 11.3 Å². The molecule has 5 nitrogen and oxygen atoms in total. The van der Waals surface area contributed by atoms with Crippen LogP contribution in [0.4, 0.5) is 0 Å². The smallest absolute Gasteiger partial charge is 0.277 e. The van der Waals surface area contributed by atoms with Gasteiger partial charge in [0.2, 0.25) is 0 Å². The quantitative estimate of drug-likeness (QED) is 0.681. The zero-order chi connectivity index (χ0) is 16.7. The number of amides is 1. The summed E-state index contributed by atoms with van der Waals surface area (Å²) in [6.07, 6.45) is 1.51. The molecule has 0 heterocycles. The number of ether oxygens (including phenoxy) is 1. The first-order chi connectivity index (χ1) is 11.1. The van der Waals surface area contributed by atoms with Crippen LogP contribution in [-0.4, -0.2) is 18.7 Å². The van der Waals surface area contributed by atoms with Gasteiger partial charge >= 0.3 is 0 Å². The second-order valence-electron chi connectivity index (χ2n) is 5.14. The molecule has 23 heavy (non-hydrogen) atoms. The van der Waals surface area contributed by atoms with Crippen LogP contribution in [0.25, 0.3) is 0 Å². The Hall–Kier alpha value is -3.13. The van der Waals surface area contributed by atoms with Crippen LogP contribution < -0.4 is 10.2 Å². The molecule has 1 amide bonds. The number of nitrogens with zero attached hydrogens (tertiary/aromatic N) is 2. The summed E-state index contributed by atoms with van der Waals surface area (Å²) in [4.78, 5) is 11.7. The van der Waals surface area contributed by atoms with Gasteiger partial charge in [-0.3, -0.25) is 4.79 Å². The summed E-state index contributed by atoms with van der Waals surface area (Å²) in [5.41, 5.74) is 5.93. The molecule has 0 aliphatic carbocycles. The molecule has 0 fully saturated rings. The summed E-state index contributed by atoms with van der Waals surface area (Å²) in [5, 5.41) is 12.6. The lowest BCUT2D eigenvalue weighted by atomic mass is 10.1. The third-order valence-corrected chi connectivity index (χ3v) is 3.01. The highest BCUT2D eigenvalue weighted by atomic mass is 16.5. The molecule has 0 aliphatic heterocycles. The molecule has 2 aromatic rings. The topological polar surface area (TPSA) is 74.5 Å². The van der Waals surface area contributed by atoms with E-state index in [9.17, 15) is 4.79 Å². The van der Waals surface area contributed by atoms with Crippen molar-refractivity contribution in [1.82, 2.24) is 5.43 Å². The number of carbonyl (C=O) groups excluding carboxylic acids is 1. The number of hydrogen-bond donors (Lipinski definition) is 1. The summed E-state index contributed by atoms with van der Waals surface area (Å²) < 4.78 is 5.44. The highest BCUT2D eigenvalue weighted by Gasteiger charge is 2.02. The van der Waals surface area contributed by atoms with E-state index in [-0.39, 0.29) is 12.5 Å². The van der Waals surface area contributed by atoms with Gasteiger partial charge < -0.3 is 4.74 Å². The summed E-state index contributed by atoms with van der Waals surface area (Å²) >= 11 is 0. The van der Waals surface area contributed by atoms with Crippen molar-refractivity contribution in [3.05, 3.63) is 64.7 Å². The third-order valence-electron chi connectivity index (χ3n) is 3.01. The molecule has 5 heteroatoms. The largest absolute Gasteiger partial charge is 0.484 e. The molecule has 0 unspecified atom stereocenters. The van der Waals surface area contributed by atoms with Crippen LogP contribution in [0, 0.1) is 25.2 Å². The van der Waals surface area contributed by atoms with Gasteiger partial charge in [-0.25, -0.2) is 5.43 Å². The van der Waals surface area contributed by atoms with Crippen molar-refractivity contribution in [3.63, 3.8) is 0 Å². The Morgan fingerprint density at radius 3 is 2.48 bits per heavy atom. The summed E-state index contributed by atoms with van der Waals surface area (Å²) in [6, 6.07) is 14.7. The van der Waals surface area contributed by atoms with E-state index >= 15 is 0 Å². The van der Waals surface area contributed by atoms with E-state index in [0.717, 1.165) is 16.7 Å². The van der Waals surface area contributed by atoms with Gasteiger partial charge in [-0.1, -0.05) is 18.2 Å². The first-order valence-electron chi connectivity index (χ1n) is 7.10. The zero-order valence-electron chi connectivity index (χ0n) is 13.0. The van der Waals surface area contributed by atoms with Crippen molar-refractivity contribution in [2.24, 2.45) is 5.10 Å². The van der Waals surface area contributed by atoms with Crippen LogP contribution in [0.2, 0.25) is 0 Å². The van der Waals surface area contributed by atoms with E-state index in [1.54, 1.807) is 24.3 Å². The van der Waals surface area contributed by atoms with Gasteiger partial charge in [0, 0.05) is 0 Å². The third kappa shape index (κ3) is 5.29. The molecular weight excluding hydrogens is 290 g/mol. The van der Waals surface area contributed by atoms with E-state index < -0.39 is 0 Å². The molecule has 0 saturated carbocycles. The normalized spacial score (nSPS) is 10.3. The first-order valence-corrected chi connectivity index (χ1v) is 7.10. The van der Waals surface area contributed by atoms with Crippen molar-refractivity contribution in [2.45, 2.75) is 13.8 Å². The molecule has 2 aromatic carbocycles. The minimum absolute atomic E-state index is 0.104. The second kappa shape index (κ2) is 7.76. The predicted octanol–water partition coefficient (Wildman–Crippen LogP) is 2.70. The van der Waals surface area contributed by atoms with Crippen LogP contribution >= 0.6 is 0 Å². The van der Waals surface area contributed by atoms with Gasteiger partial charge in [0.25, 0.3) is 5.91 Å². The van der Waals surface area contributed by atoms with Crippen LogP contribution in [-0.2, 0) is 4.79 Å². The van der Waals surface area contributed by atoms with Gasteiger partial charge in [0.05, 0.1) is 17.8 Å². The second-order valence-corrected chi connectivity index (χ2v) is 5.14. The fraction of sp³-hybridized carbons (Fsp3) is 0.167. The van der Waals surface area contributed by atoms with Gasteiger partial charge in [0.15, 0.2) is 6.61 Å². The maximum atomic E-state index is 11.7. The van der Waals surface area contributed by atoms with Crippen molar-refractivity contribution >= 4 is 12.1 Å². The van der Waals surface area contributed by atoms with Crippen molar-refractivity contribution in [1.29, 1.82) is 5.26 Å². The minimum Gasteiger partial charge on any atom is -0.484 e. The number of hydrazone groups is 1. The lowest BCUT2D eigenvalue weighted by Gasteiger charge is -2.07.